The van der Waals surface area contributed by atoms with E-state index >= 15 is 0 Å². The van der Waals surface area contributed by atoms with E-state index in [-0.39, 0.29) is 0 Å². The molecule has 0 unspecified atom stereocenters. The maximum absolute atomic E-state index is 8.60. The summed E-state index contributed by atoms with van der Waals surface area (Å²) in [5.41, 5.74) is 1.51. The Hall–Kier alpha value is -1.93. The van der Waals surface area contributed by atoms with Crippen molar-refractivity contribution in [3.63, 3.8) is 0 Å². The molecular formula is C10H7NO. The first kappa shape index (κ1) is 8.17. The lowest BCUT2D eigenvalue weighted by Gasteiger charge is -1.98. The molecule has 0 aliphatic carbocycles. The van der Waals surface area contributed by atoms with Crippen LogP contribution in [-0.4, -0.2) is 0 Å². The molecule has 1 rings (SSSR count). The average molecular weight is 157 g/mol. The molecule has 0 N–H and O–H groups in total. The van der Waals surface area contributed by atoms with Crippen LogP contribution in [0.25, 0.3) is 0 Å². The SMILES string of the molecule is C#COc1cc(C)cc(C#N)c1. The predicted molar refractivity (Wildman–Crippen MR) is 45.4 cm³/mol. The van der Waals surface area contributed by atoms with E-state index in [9.17, 15) is 0 Å². The third kappa shape index (κ3) is 1.78. The van der Waals surface area contributed by atoms with Gasteiger partial charge >= 0.3 is 0 Å². The Morgan fingerprint density at radius 3 is 2.75 bits per heavy atom. The van der Waals surface area contributed by atoms with Crippen LogP contribution >= 0.6 is 0 Å². The van der Waals surface area contributed by atoms with Crippen LogP contribution in [0.1, 0.15) is 11.1 Å². The molecule has 58 valence electrons. The summed E-state index contributed by atoms with van der Waals surface area (Å²) in [6, 6.07) is 7.17. The van der Waals surface area contributed by atoms with E-state index in [0.717, 1.165) is 5.56 Å². The van der Waals surface area contributed by atoms with Gasteiger partial charge in [-0.15, -0.1) is 0 Å². The molecule has 2 nitrogen and oxygen atoms in total. The molecule has 0 radical (unpaired) electrons. The van der Waals surface area contributed by atoms with Crippen molar-refractivity contribution in [2.24, 2.45) is 0 Å². The van der Waals surface area contributed by atoms with Gasteiger partial charge in [-0.05, 0) is 30.7 Å². The van der Waals surface area contributed by atoms with Crippen LogP contribution in [0, 0.1) is 30.8 Å². The van der Waals surface area contributed by atoms with E-state index in [4.69, 9.17) is 16.4 Å². The fraction of sp³-hybridized carbons (Fsp3) is 0.100. The van der Waals surface area contributed by atoms with Crippen LogP contribution in [0.3, 0.4) is 0 Å². The summed E-state index contributed by atoms with van der Waals surface area (Å²) in [5, 5.41) is 8.60. The summed E-state index contributed by atoms with van der Waals surface area (Å²) in [6.45, 7) is 1.88. The minimum Gasteiger partial charge on any atom is -0.408 e. The Bertz CT molecular complexity index is 368. The molecule has 0 saturated heterocycles. The fourth-order valence-electron chi connectivity index (χ4n) is 0.939. The minimum atomic E-state index is 0.536. The number of terminal acetylenes is 1. The van der Waals surface area contributed by atoms with Crippen LogP contribution in [0.2, 0.25) is 0 Å². The van der Waals surface area contributed by atoms with Crippen molar-refractivity contribution >= 4 is 0 Å². The number of ether oxygens (including phenoxy) is 1. The van der Waals surface area contributed by atoms with Gasteiger partial charge in [0.05, 0.1) is 11.6 Å². The van der Waals surface area contributed by atoms with E-state index in [1.165, 1.54) is 0 Å². The zero-order valence-electron chi connectivity index (χ0n) is 6.66. The average Bonchev–Trinajstić information content (AvgIpc) is 2.04. The van der Waals surface area contributed by atoms with Gasteiger partial charge in [0.15, 0.2) is 0 Å². The molecule has 0 aromatic heterocycles. The first-order valence-electron chi connectivity index (χ1n) is 3.40. The van der Waals surface area contributed by atoms with Crippen LogP contribution in [0.5, 0.6) is 5.75 Å². The van der Waals surface area contributed by atoms with Gasteiger partial charge in [0.25, 0.3) is 0 Å². The van der Waals surface area contributed by atoms with Crippen molar-refractivity contribution in [2.75, 3.05) is 0 Å². The van der Waals surface area contributed by atoms with Gasteiger partial charge in [-0.3, -0.25) is 0 Å². The van der Waals surface area contributed by atoms with Gasteiger partial charge in [0, 0.05) is 0 Å². The molecular weight excluding hydrogens is 150 g/mol. The fourth-order valence-corrected chi connectivity index (χ4v) is 0.939. The summed E-state index contributed by atoms with van der Waals surface area (Å²) < 4.78 is 4.81. The molecule has 0 aliphatic heterocycles. The van der Waals surface area contributed by atoms with E-state index in [1.807, 2.05) is 13.0 Å². The topological polar surface area (TPSA) is 33.0 Å². The minimum absolute atomic E-state index is 0.536. The summed E-state index contributed by atoms with van der Waals surface area (Å²) in [7, 11) is 0. The zero-order chi connectivity index (χ0) is 8.97. The zero-order valence-corrected chi connectivity index (χ0v) is 6.66. The molecule has 0 heterocycles. The number of hydrogen-bond donors (Lipinski definition) is 0. The lowest BCUT2D eigenvalue weighted by Crippen LogP contribution is -1.85. The molecule has 0 spiro atoms. The van der Waals surface area contributed by atoms with Crippen LogP contribution in [0.4, 0.5) is 0 Å². The van der Waals surface area contributed by atoms with Crippen LogP contribution in [-0.2, 0) is 0 Å². The second kappa shape index (κ2) is 3.46. The number of nitriles is 1. The predicted octanol–water partition coefficient (Wildman–Crippen LogP) is 1.84. The Labute approximate surface area is 71.4 Å². The maximum atomic E-state index is 8.60. The standard InChI is InChI=1S/C10H7NO/c1-3-12-10-5-8(2)4-9(6-10)7-11/h1,4-6H,2H3. The van der Waals surface area contributed by atoms with Crippen LogP contribution < -0.4 is 4.74 Å². The number of nitrogens with zero attached hydrogens (tertiary/aromatic N) is 1. The largest absolute Gasteiger partial charge is 0.408 e. The molecule has 0 aliphatic rings. The molecule has 0 amide bonds. The van der Waals surface area contributed by atoms with E-state index < -0.39 is 0 Å². The van der Waals surface area contributed by atoms with Crippen molar-refractivity contribution in [3.05, 3.63) is 29.3 Å². The van der Waals surface area contributed by atoms with Gasteiger partial charge in [-0.2, -0.15) is 5.26 Å². The number of benzene rings is 1. The summed E-state index contributed by atoms with van der Waals surface area (Å²) >= 11 is 0. The number of hydrogen-bond acceptors (Lipinski definition) is 2. The Kier molecular flexibility index (Phi) is 2.35. The summed E-state index contributed by atoms with van der Waals surface area (Å²) in [4.78, 5) is 0. The lowest BCUT2D eigenvalue weighted by atomic mass is 10.1. The van der Waals surface area contributed by atoms with Crippen molar-refractivity contribution in [1.82, 2.24) is 0 Å². The van der Waals surface area contributed by atoms with Gasteiger partial charge in [0.2, 0.25) is 0 Å². The van der Waals surface area contributed by atoms with E-state index in [1.54, 1.807) is 18.2 Å². The summed E-state index contributed by atoms with van der Waals surface area (Å²) in [6.07, 6.45) is 7.00. The normalized spacial score (nSPS) is 8.25. The van der Waals surface area contributed by atoms with E-state index in [0.29, 0.717) is 11.3 Å². The van der Waals surface area contributed by atoms with Gasteiger partial charge < -0.3 is 4.74 Å². The Morgan fingerprint density at radius 2 is 2.17 bits per heavy atom. The molecule has 0 fully saturated rings. The molecule has 1 aromatic carbocycles. The highest BCUT2D eigenvalue weighted by atomic mass is 16.5. The molecule has 0 saturated carbocycles. The first-order valence-corrected chi connectivity index (χ1v) is 3.40. The van der Waals surface area contributed by atoms with Gasteiger partial charge in [-0.25, -0.2) is 0 Å². The molecule has 1 aromatic rings. The monoisotopic (exact) mass is 157 g/mol. The van der Waals surface area contributed by atoms with Gasteiger partial charge in [0.1, 0.15) is 11.9 Å². The smallest absolute Gasteiger partial charge is 0.141 e. The Morgan fingerprint density at radius 1 is 1.42 bits per heavy atom. The lowest BCUT2D eigenvalue weighted by molar-refractivity contribution is 0.520. The molecule has 2 heteroatoms. The second-order valence-corrected chi connectivity index (χ2v) is 2.37. The highest BCUT2D eigenvalue weighted by Crippen LogP contribution is 2.15. The highest BCUT2D eigenvalue weighted by molar-refractivity contribution is 5.40. The highest BCUT2D eigenvalue weighted by Gasteiger charge is 1.97. The first-order chi connectivity index (χ1) is 5.76. The van der Waals surface area contributed by atoms with E-state index in [2.05, 4.69) is 6.11 Å². The number of rotatable bonds is 1. The molecule has 0 atom stereocenters. The second-order valence-electron chi connectivity index (χ2n) is 2.37. The van der Waals surface area contributed by atoms with Gasteiger partial charge in [-0.1, -0.05) is 6.42 Å². The molecule has 12 heavy (non-hydrogen) atoms. The third-order valence-electron chi connectivity index (χ3n) is 1.36. The van der Waals surface area contributed by atoms with Crippen LogP contribution in [0.15, 0.2) is 18.2 Å². The molecule has 0 bridgehead atoms. The Balaban J connectivity index is 3.10. The van der Waals surface area contributed by atoms with Crippen molar-refractivity contribution in [3.8, 4) is 24.3 Å². The third-order valence-corrected chi connectivity index (χ3v) is 1.36. The van der Waals surface area contributed by atoms with Crippen molar-refractivity contribution < 1.29 is 4.74 Å². The van der Waals surface area contributed by atoms with Crippen molar-refractivity contribution in [2.45, 2.75) is 6.92 Å². The quantitative estimate of drug-likeness (QED) is 0.582. The summed E-state index contributed by atoms with van der Waals surface area (Å²) in [5.74, 6) is 0.536. The number of aryl methyl sites for hydroxylation is 1. The maximum Gasteiger partial charge on any atom is 0.141 e. The van der Waals surface area contributed by atoms with Crippen molar-refractivity contribution in [1.29, 1.82) is 5.26 Å².